The van der Waals surface area contributed by atoms with Crippen LogP contribution in [-0.2, 0) is 6.42 Å². The first kappa shape index (κ1) is 13.5. The van der Waals surface area contributed by atoms with Crippen molar-refractivity contribution in [2.75, 3.05) is 12.4 Å². The number of anilines is 1. The Labute approximate surface area is 112 Å². The van der Waals surface area contributed by atoms with Gasteiger partial charge in [0, 0.05) is 23.9 Å². The molecule has 0 saturated carbocycles. The minimum absolute atomic E-state index is 0.261. The van der Waals surface area contributed by atoms with Crippen molar-refractivity contribution >= 4 is 5.82 Å². The van der Waals surface area contributed by atoms with Crippen molar-refractivity contribution in [2.24, 2.45) is 0 Å². The van der Waals surface area contributed by atoms with Gasteiger partial charge < -0.3 is 5.32 Å². The number of nitrogens with one attached hydrogen (secondary N) is 1. The number of hydrogen-bond acceptors (Lipinski definition) is 3. The fourth-order valence-corrected chi connectivity index (χ4v) is 2.15. The highest BCUT2D eigenvalue weighted by Crippen LogP contribution is 2.23. The molecule has 19 heavy (non-hydrogen) atoms. The zero-order valence-corrected chi connectivity index (χ0v) is 11.7. The predicted octanol–water partition coefficient (Wildman–Crippen LogP) is 3.50. The van der Waals surface area contributed by atoms with Crippen LogP contribution in [-0.4, -0.2) is 17.0 Å². The van der Waals surface area contributed by atoms with Gasteiger partial charge in [0.1, 0.15) is 11.6 Å². The molecule has 2 aromatic rings. The second kappa shape index (κ2) is 5.34. The van der Waals surface area contributed by atoms with Crippen LogP contribution in [0.1, 0.15) is 23.7 Å². The molecule has 0 atom stereocenters. The minimum Gasteiger partial charge on any atom is -0.373 e. The third-order valence-corrected chi connectivity index (χ3v) is 3.12. The minimum atomic E-state index is -0.261. The molecule has 0 spiro atoms. The van der Waals surface area contributed by atoms with Gasteiger partial charge in [0.2, 0.25) is 0 Å². The summed E-state index contributed by atoms with van der Waals surface area (Å²) in [4.78, 5) is 9.00. The summed E-state index contributed by atoms with van der Waals surface area (Å²) in [5.74, 6) is 1.10. The van der Waals surface area contributed by atoms with Crippen LogP contribution in [0.2, 0.25) is 0 Å². The van der Waals surface area contributed by atoms with Gasteiger partial charge in [0.25, 0.3) is 0 Å². The van der Waals surface area contributed by atoms with E-state index in [1.165, 1.54) is 12.1 Å². The number of benzene rings is 1. The van der Waals surface area contributed by atoms with Gasteiger partial charge in [-0.05, 0) is 44.0 Å². The molecular formula is C15H18FN3. The van der Waals surface area contributed by atoms with E-state index in [-0.39, 0.29) is 5.82 Å². The number of aryl methyl sites for hydroxylation is 2. The zero-order valence-electron chi connectivity index (χ0n) is 11.7. The number of hydrogen-bond donors (Lipinski definition) is 1. The van der Waals surface area contributed by atoms with Crippen LogP contribution in [0.4, 0.5) is 10.2 Å². The summed E-state index contributed by atoms with van der Waals surface area (Å²) >= 11 is 0. The first-order valence-electron chi connectivity index (χ1n) is 6.38. The first-order chi connectivity index (χ1) is 9.05. The van der Waals surface area contributed by atoms with E-state index in [9.17, 15) is 4.39 Å². The lowest BCUT2D eigenvalue weighted by atomic mass is 10.1. The van der Waals surface area contributed by atoms with Crippen LogP contribution >= 0.6 is 0 Å². The smallest absolute Gasteiger partial charge is 0.161 e. The molecule has 0 bridgehead atoms. The third kappa shape index (κ3) is 2.72. The van der Waals surface area contributed by atoms with Gasteiger partial charge in [-0.1, -0.05) is 6.92 Å². The van der Waals surface area contributed by atoms with E-state index < -0.39 is 0 Å². The lowest BCUT2D eigenvalue weighted by Crippen LogP contribution is -2.04. The maximum Gasteiger partial charge on any atom is 0.161 e. The third-order valence-electron chi connectivity index (χ3n) is 3.12. The van der Waals surface area contributed by atoms with Gasteiger partial charge in [0.15, 0.2) is 5.82 Å². The summed E-state index contributed by atoms with van der Waals surface area (Å²) in [6.45, 7) is 5.90. The normalized spacial score (nSPS) is 10.6. The summed E-state index contributed by atoms with van der Waals surface area (Å²) in [7, 11) is 1.83. The van der Waals surface area contributed by atoms with Gasteiger partial charge in [-0.2, -0.15) is 0 Å². The lowest BCUT2D eigenvalue weighted by molar-refractivity contribution is 0.627. The highest BCUT2D eigenvalue weighted by atomic mass is 19.1. The van der Waals surface area contributed by atoms with Crippen LogP contribution in [0, 0.1) is 19.7 Å². The van der Waals surface area contributed by atoms with E-state index in [1.807, 2.05) is 27.0 Å². The summed E-state index contributed by atoms with van der Waals surface area (Å²) in [6.07, 6.45) is 0.824. The van der Waals surface area contributed by atoms with E-state index in [2.05, 4.69) is 22.2 Å². The Morgan fingerprint density at radius 3 is 2.47 bits per heavy atom. The number of halogens is 1. The zero-order chi connectivity index (χ0) is 14.0. The highest BCUT2D eigenvalue weighted by molar-refractivity contribution is 5.60. The SMILES string of the molecule is CCc1nc(-c2cc(C)cc(F)c2)nc(NC)c1C. The maximum absolute atomic E-state index is 13.5. The van der Waals surface area contributed by atoms with E-state index in [0.717, 1.165) is 29.1 Å². The second-order valence-corrected chi connectivity index (χ2v) is 4.59. The summed E-state index contributed by atoms with van der Waals surface area (Å²) in [5, 5.41) is 3.06. The molecule has 0 aliphatic heterocycles. The Bertz CT molecular complexity index is 563. The van der Waals surface area contributed by atoms with Crippen LogP contribution in [0.3, 0.4) is 0 Å². The molecule has 0 radical (unpaired) electrons. The molecule has 1 aromatic heterocycles. The quantitative estimate of drug-likeness (QED) is 0.916. The Balaban J connectivity index is 2.61. The molecular weight excluding hydrogens is 241 g/mol. The van der Waals surface area contributed by atoms with E-state index in [0.29, 0.717) is 11.4 Å². The molecule has 0 saturated heterocycles. The topological polar surface area (TPSA) is 37.8 Å². The van der Waals surface area contributed by atoms with Gasteiger partial charge in [0.05, 0.1) is 0 Å². The first-order valence-corrected chi connectivity index (χ1v) is 6.38. The van der Waals surface area contributed by atoms with Crippen molar-refractivity contribution in [2.45, 2.75) is 27.2 Å². The van der Waals surface area contributed by atoms with Gasteiger partial charge in [-0.3, -0.25) is 0 Å². The van der Waals surface area contributed by atoms with E-state index in [4.69, 9.17) is 0 Å². The molecule has 0 unspecified atom stereocenters. The molecule has 1 heterocycles. The monoisotopic (exact) mass is 259 g/mol. The molecule has 0 amide bonds. The van der Waals surface area contributed by atoms with Gasteiger partial charge in [-0.15, -0.1) is 0 Å². The van der Waals surface area contributed by atoms with E-state index >= 15 is 0 Å². The van der Waals surface area contributed by atoms with Crippen LogP contribution in [0.5, 0.6) is 0 Å². The van der Waals surface area contributed by atoms with Crippen molar-refractivity contribution in [3.8, 4) is 11.4 Å². The van der Waals surface area contributed by atoms with Crippen LogP contribution < -0.4 is 5.32 Å². The number of rotatable bonds is 3. The molecule has 1 aromatic carbocycles. The van der Waals surface area contributed by atoms with Crippen LogP contribution in [0.25, 0.3) is 11.4 Å². The van der Waals surface area contributed by atoms with Crippen molar-refractivity contribution in [1.29, 1.82) is 0 Å². The molecule has 0 fully saturated rings. The maximum atomic E-state index is 13.5. The Kier molecular flexibility index (Phi) is 3.79. The van der Waals surface area contributed by atoms with Crippen molar-refractivity contribution < 1.29 is 4.39 Å². The van der Waals surface area contributed by atoms with Crippen molar-refractivity contribution in [3.05, 3.63) is 40.8 Å². The van der Waals surface area contributed by atoms with Gasteiger partial charge >= 0.3 is 0 Å². The number of aromatic nitrogens is 2. The Hall–Kier alpha value is -1.97. The largest absolute Gasteiger partial charge is 0.373 e. The average Bonchev–Trinajstić information content (AvgIpc) is 2.37. The molecule has 0 aliphatic carbocycles. The van der Waals surface area contributed by atoms with Gasteiger partial charge in [-0.25, -0.2) is 14.4 Å². The summed E-state index contributed by atoms with van der Waals surface area (Å²) in [5.41, 5.74) is 3.60. The molecule has 100 valence electrons. The van der Waals surface area contributed by atoms with Crippen molar-refractivity contribution in [1.82, 2.24) is 9.97 Å². The Morgan fingerprint density at radius 1 is 1.16 bits per heavy atom. The molecule has 3 nitrogen and oxygen atoms in total. The molecule has 1 N–H and O–H groups in total. The van der Waals surface area contributed by atoms with Crippen molar-refractivity contribution in [3.63, 3.8) is 0 Å². The number of nitrogens with zero attached hydrogens (tertiary/aromatic N) is 2. The second-order valence-electron chi connectivity index (χ2n) is 4.59. The molecule has 0 aliphatic rings. The molecule has 2 rings (SSSR count). The van der Waals surface area contributed by atoms with Crippen LogP contribution in [0.15, 0.2) is 18.2 Å². The fourth-order valence-electron chi connectivity index (χ4n) is 2.15. The molecule has 4 heteroatoms. The predicted molar refractivity (Wildman–Crippen MR) is 75.8 cm³/mol. The fraction of sp³-hybridized carbons (Fsp3) is 0.333. The Morgan fingerprint density at radius 2 is 1.89 bits per heavy atom. The lowest BCUT2D eigenvalue weighted by Gasteiger charge is -2.11. The van der Waals surface area contributed by atoms with E-state index in [1.54, 1.807) is 0 Å². The summed E-state index contributed by atoms with van der Waals surface area (Å²) in [6, 6.07) is 4.86. The summed E-state index contributed by atoms with van der Waals surface area (Å²) < 4.78 is 13.5. The highest BCUT2D eigenvalue weighted by Gasteiger charge is 2.11. The average molecular weight is 259 g/mol. The standard InChI is InChI=1S/C15H18FN3/c1-5-13-10(3)14(17-4)19-15(18-13)11-6-9(2)7-12(16)8-11/h6-8H,5H2,1-4H3,(H,17,18,19).